The first kappa shape index (κ1) is 7.06. The molecule has 0 radical (unpaired) electrons. The fraction of sp³-hybridized carbons (Fsp3) is 0. The van der Waals surface area contributed by atoms with E-state index < -0.39 is 0 Å². The number of thiophene rings is 1. The van der Waals surface area contributed by atoms with Gasteiger partial charge in [-0.2, -0.15) is 0 Å². The van der Waals surface area contributed by atoms with E-state index in [0.29, 0.717) is 0 Å². The van der Waals surface area contributed by atoms with Gasteiger partial charge in [0.15, 0.2) is 0 Å². The lowest BCUT2D eigenvalue weighted by Gasteiger charge is -1.85. The molecule has 56 valence electrons. The SMILES string of the molecule is Brc1csc(-c2cnc[nH]2)c1. The summed E-state index contributed by atoms with van der Waals surface area (Å²) in [6, 6.07) is 2.07. The molecule has 0 bridgehead atoms. The molecule has 0 spiro atoms. The van der Waals surface area contributed by atoms with Crippen LogP contribution in [0.2, 0.25) is 0 Å². The summed E-state index contributed by atoms with van der Waals surface area (Å²) in [5, 5.41) is 2.05. The maximum atomic E-state index is 3.94. The fourth-order valence-corrected chi connectivity index (χ4v) is 2.25. The minimum Gasteiger partial charge on any atom is -0.344 e. The summed E-state index contributed by atoms with van der Waals surface area (Å²) in [6.45, 7) is 0. The van der Waals surface area contributed by atoms with E-state index >= 15 is 0 Å². The number of rotatable bonds is 1. The maximum Gasteiger partial charge on any atom is 0.0924 e. The van der Waals surface area contributed by atoms with Crippen molar-refractivity contribution in [3.8, 4) is 10.6 Å². The molecule has 0 atom stereocenters. The number of aromatic nitrogens is 2. The van der Waals surface area contributed by atoms with E-state index in [4.69, 9.17) is 0 Å². The van der Waals surface area contributed by atoms with Crippen LogP contribution in [0.25, 0.3) is 10.6 Å². The van der Waals surface area contributed by atoms with Gasteiger partial charge in [-0.1, -0.05) is 0 Å². The van der Waals surface area contributed by atoms with E-state index in [2.05, 4.69) is 37.3 Å². The molecule has 0 amide bonds. The first-order chi connectivity index (χ1) is 5.36. The number of H-pyrrole nitrogens is 1. The van der Waals surface area contributed by atoms with Gasteiger partial charge in [-0.15, -0.1) is 11.3 Å². The molecule has 4 heteroatoms. The van der Waals surface area contributed by atoms with E-state index in [1.54, 1.807) is 17.7 Å². The van der Waals surface area contributed by atoms with Crippen LogP contribution < -0.4 is 0 Å². The average molecular weight is 229 g/mol. The average Bonchev–Trinajstić information content (AvgIpc) is 2.55. The minimum atomic E-state index is 1.07. The molecule has 0 aliphatic carbocycles. The van der Waals surface area contributed by atoms with Crippen LogP contribution in [0.4, 0.5) is 0 Å². The number of halogens is 1. The third kappa shape index (κ3) is 1.36. The van der Waals surface area contributed by atoms with Crippen molar-refractivity contribution in [2.75, 3.05) is 0 Å². The second kappa shape index (κ2) is 2.79. The molecule has 1 N–H and O–H groups in total. The van der Waals surface area contributed by atoms with Crippen molar-refractivity contribution in [2.24, 2.45) is 0 Å². The predicted molar refractivity (Wildman–Crippen MR) is 49.6 cm³/mol. The van der Waals surface area contributed by atoms with Gasteiger partial charge in [0.05, 0.1) is 23.1 Å². The lowest BCUT2D eigenvalue weighted by atomic mass is 10.4. The Hall–Kier alpha value is -0.610. The summed E-state index contributed by atoms with van der Waals surface area (Å²) in [7, 11) is 0. The van der Waals surface area contributed by atoms with Crippen molar-refractivity contribution in [1.82, 2.24) is 9.97 Å². The van der Waals surface area contributed by atoms with Crippen molar-refractivity contribution in [1.29, 1.82) is 0 Å². The van der Waals surface area contributed by atoms with E-state index in [1.807, 2.05) is 6.20 Å². The van der Waals surface area contributed by atoms with Gasteiger partial charge in [-0.3, -0.25) is 0 Å². The Morgan fingerprint density at radius 1 is 1.55 bits per heavy atom. The van der Waals surface area contributed by atoms with Crippen LogP contribution >= 0.6 is 27.3 Å². The van der Waals surface area contributed by atoms with Crippen LogP contribution in [-0.4, -0.2) is 9.97 Å². The summed E-state index contributed by atoms with van der Waals surface area (Å²) >= 11 is 5.08. The van der Waals surface area contributed by atoms with Gasteiger partial charge in [-0.05, 0) is 22.0 Å². The van der Waals surface area contributed by atoms with Crippen LogP contribution in [0.5, 0.6) is 0 Å². The molecule has 2 aromatic heterocycles. The number of nitrogens with zero attached hydrogens (tertiary/aromatic N) is 1. The summed E-state index contributed by atoms with van der Waals surface area (Å²) in [4.78, 5) is 8.19. The molecule has 0 aliphatic heterocycles. The van der Waals surface area contributed by atoms with Gasteiger partial charge in [-0.25, -0.2) is 4.98 Å². The highest BCUT2D eigenvalue weighted by atomic mass is 79.9. The number of hydrogen-bond acceptors (Lipinski definition) is 2. The van der Waals surface area contributed by atoms with Crippen molar-refractivity contribution in [3.63, 3.8) is 0 Å². The number of imidazole rings is 1. The molecule has 0 unspecified atom stereocenters. The zero-order chi connectivity index (χ0) is 7.68. The number of hydrogen-bond donors (Lipinski definition) is 1. The highest BCUT2D eigenvalue weighted by Crippen LogP contribution is 2.27. The smallest absolute Gasteiger partial charge is 0.0924 e. The minimum absolute atomic E-state index is 1.07. The van der Waals surface area contributed by atoms with E-state index in [9.17, 15) is 0 Å². The van der Waals surface area contributed by atoms with Crippen LogP contribution in [0.1, 0.15) is 0 Å². The second-order valence-corrected chi connectivity index (χ2v) is 3.92. The van der Waals surface area contributed by atoms with Gasteiger partial charge >= 0.3 is 0 Å². The van der Waals surface area contributed by atoms with E-state index in [-0.39, 0.29) is 0 Å². The van der Waals surface area contributed by atoms with E-state index in [0.717, 1.165) is 10.2 Å². The Balaban J connectivity index is 2.45. The Morgan fingerprint density at radius 2 is 2.45 bits per heavy atom. The van der Waals surface area contributed by atoms with Gasteiger partial charge in [0, 0.05) is 9.85 Å². The quantitative estimate of drug-likeness (QED) is 0.800. The Labute approximate surface area is 76.4 Å². The molecular weight excluding hydrogens is 224 g/mol. The van der Waals surface area contributed by atoms with Crippen LogP contribution in [-0.2, 0) is 0 Å². The molecular formula is C7H5BrN2S. The van der Waals surface area contributed by atoms with Gasteiger partial charge in [0.1, 0.15) is 0 Å². The van der Waals surface area contributed by atoms with Crippen LogP contribution in [0, 0.1) is 0 Å². The van der Waals surface area contributed by atoms with Gasteiger partial charge in [0.25, 0.3) is 0 Å². The zero-order valence-electron chi connectivity index (χ0n) is 5.54. The molecule has 2 aromatic rings. The lowest BCUT2D eigenvalue weighted by Crippen LogP contribution is -1.66. The monoisotopic (exact) mass is 228 g/mol. The summed E-state index contributed by atoms with van der Waals surface area (Å²) in [5.74, 6) is 0. The molecule has 2 heterocycles. The second-order valence-electron chi connectivity index (χ2n) is 2.09. The Morgan fingerprint density at radius 3 is 3.00 bits per heavy atom. The Bertz CT molecular complexity index is 339. The Kier molecular flexibility index (Phi) is 1.79. The molecule has 0 aromatic carbocycles. The van der Waals surface area contributed by atoms with Crippen molar-refractivity contribution in [3.05, 3.63) is 28.4 Å². The van der Waals surface area contributed by atoms with Crippen molar-refractivity contribution < 1.29 is 0 Å². The summed E-state index contributed by atoms with van der Waals surface area (Å²) in [5.41, 5.74) is 1.07. The number of aromatic amines is 1. The summed E-state index contributed by atoms with van der Waals surface area (Å²) < 4.78 is 1.12. The largest absolute Gasteiger partial charge is 0.344 e. The highest BCUT2D eigenvalue weighted by Gasteiger charge is 2.00. The molecule has 0 aliphatic rings. The third-order valence-corrected chi connectivity index (χ3v) is 3.06. The first-order valence-electron chi connectivity index (χ1n) is 3.09. The van der Waals surface area contributed by atoms with Crippen molar-refractivity contribution in [2.45, 2.75) is 0 Å². The zero-order valence-corrected chi connectivity index (χ0v) is 7.95. The highest BCUT2D eigenvalue weighted by molar-refractivity contribution is 9.10. The third-order valence-electron chi connectivity index (χ3n) is 1.33. The topological polar surface area (TPSA) is 28.7 Å². The molecule has 11 heavy (non-hydrogen) atoms. The normalized spacial score (nSPS) is 10.3. The maximum absolute atomic E-state index is 3.94. The molecule has 2 nitrogen and oxygen atoms in total. The van der Waals surface area contributed by atoms with Crippen LogP contribution in [0.15, 0.2) is 28.4 Å². The van der Waals surface area contributed by atoms with Gasteiger partial charge in [0.2, 0.25) is 0 Å². The molecule has 2 rings (SSSR count). The summed E-state index contributed by atoms with van der Waals surface area (Å²) in [6.07, 6.45) is 3.50. The standard InChI is InChI=1S/C7H5BrN2S/c8-5-1-7(11-3-5)6-2-9-4-10-6/h1-4H,(H,9,10). The molecule has 0 saturated heterocycles. The van der Waals surface area contributed by atoms with E-state index in [1.165, 1.54) is 4.88 Å². The predicted octanol–water partition coefficient (Wildman–Crippen LogP) is 2.90. The molecule has 0 fully saturated rings. The lowest BCUT2D eigenvalue weighted by molar-refractivity contribution is 1.32. The van der Waals surface area contributed by atoms with Gasteiger partial charge < -0.3 is 4.98 Å². The number of nitrogens with one attached hydrogen (secondary N) is 1. The fourth-order valence-electron chi connectivity index (χ4n) is 0.845. The van der Waals surface area contributed by atoms with Crippen molar-refractivity contribution >= 4 is 27.3 Å². The van der Waals surface area contributed by atoms with Crippen LogP contribution in [0.3, 0.4) is 0 Å². The first-order valence-corrected chi connectivity index (χ1v) is 4.76. The molecule has 0 saturated carbocycles.